The van der Waals surface area contributed by atoms with Crippen molar-refractivity contribution in [1.29, 1.82) is 0 Å². The van der Waals surface area contributed by atoms with E-state index < -0.39 is 0 Å². The van der Waals surface area contributed by atoms with Crippen LogP contribution in [0.3, 0.4) is 0 Å². The molecule has 5 heteroatoms. The molecule has 0 spiro atoms. The molecule has 2 aromatic rings. The van der Waals surface area contributed by atoms with Crippen molar-refractivity contribution in [1.82, 2.24) is 0 Å². The molecular formula is C20H21NO3S. The van der Waals surface area contributed by atoms with Gasteiger partial charge in [0, 0.05) is 17.1 Å². The number of thioether (sulfide) groups is 1. The van der Waals surface area contributed by atoms with Gasteiger partial charge < -0.3 is 14.4 Å². The Morgan fingerprint density at radius 2 is 1.92 bits per heavy atom. The molecule has 0 aromatic heterocycles. The fourth-order valence-electron chi connectivity index (χ4n) is 3.33. The molecule has 2 aliphatic rings. The van der Waals surface area contributed by atoms with Crippen LogP contribution in [0.2, 0.25) is 0 Å². The third kappa shape index (κ3) is 3.33. The third-order valence-electron chi connectivity index (χ3n) is 4.55. The maximum atomic E-state index is 13.0. The van der Waals surface area contributed by atoms with Gasteiger partial charge in [-0.25, -0.2) is 0 Å². The molecule has 1 atom stereocenters. The number of fused-ring (bicyclic) bond motifs is 2. The van der Waals surface area contributed by atoms with Crippen LogP contribution in [0.15, 0.2) is 47.4 Å². The van der Waals surface area contributed by atoms with Crippen LogP contribution in [-0.4, -0.2) is 30.9 Å². The maximum absolute atomic E-state index is 13.0. The quantitative estimate of drug-likeness (QED) is 0.783. The summed E-state index contributed by atoms with van der Waals surface area (Å²) in [5.74, 6) is 1.70. The van der Waals surface area contributed by atoms with Crippen LogP contribution in [0.4, 0.5) is 5.69 Å². The lowest BCUT2D eigenvalue weighted by Gasteiger charge is -2.31. The second-order valence-electron chi connectivity index (χ2n) is 6.29. The monoisotopic (exact) mass is 355 g/mol. The summed E-state index contributed by atoms with van der Waals surface area (Å²) in [5.41, 5.74) is 2.33. The Bertz CT molecular complexity index is 792. The first-order valence-corrected chi connectivity index (χ1v) is 9.56. The van der Waals surface area contributed by atoms with Gasteiger partial charge in [0.15, 0.2) is 11.5 Å². The molecular weight excluding hydrogens is 334 g/mol. The lowest BCUT2D eigenvalue weighted by Crippen LogP contribution is -2.40. The number of nitrogens with zero attached hydrogens (tertiary/aromatic N) is 1. The molecule has 1 unspecified atom stereocenters. The number of benzene rings is 2. The molecule has 4 rings (SSSR count). The minimum Gasteiger partial charge on any atom is -0.486 e. The highest BCUT2D eigenvalue weighted by Crippen LogP contribution is 2.36. The molecule has 0 fully saturated rings. The van der Waals surface area contributed by atoms with E-state index >= 15 is 0 Å². The Balaban J connectivity index is 1.50. The minimum absolute atomic E-state index is 0.159. The summed E-state index contributed by atoms with van der Waals surface area (Å²) in [6, 6.07) is 14.1. The average Bonchev–Trinajstić information content (AvgIpc) is 2.67. The van der Waals surface area contributed by atoms with E-state index in [1.807, 2.05) is 48.2 Å². The predicted octanol–water partition coefficient (Wildman–Crippen LogP) is 3.92. The number of carbonyl (C=O) groups is 1. The van der Waals surface area contributed by atoms with Gasteiger partial charge in [-0.2, -0.15) is 0 Å². The van der Waals surface area contributed by atoms with Crippen molar-refractivity contribution in [2.45, 2.75) is 29.9 Å². The second-order valence-corrected chi connectivity index (χ2v) is 7.70. The molecule has 25 heavy (non-hydrogen) atoms. The molecule has 1 amide bonds. The molecule has 2 aliphatic heterocycles. The van der Waals surface area contributed by atoms with Crippen molar-refractivity contribution in [2.24, 2.45) is 0 Å². The molecule has 0 aliphatic carbocycles. The number of carbonyl (C=O) groups excluding carboxylic acids is 1. The molecule has 2 aromatic carbocycles. The first-order valence-electron chi connectivity index (χ1n) is 8.68. The normalized spacial score (nSPS) is 16.9. The summed E-state index contributed by atoms with van der Waals surface area (Å²) in [4.78, 5) is 16.0. The zero-order chi connectivity index (χ0) is 17.2. The zero-order valence-electron chi connectivity index (χ0n) is 14.2. The van der Waals surface area contributed by atoms with E-state index in [0.717, 1.165) is 41.5 Å². The molecule has 0 N–H and O–H groups in total. The van der Waals surface area contributed by atoms with Crippen molar-refractivity contribution in [3.8, 4) is 11.5 Å². The van der Waals surface area contributed by atoms with Crippen molar-refractivity contribution in [3.05, 3.63) is 48.0 Å². The Labute approximate surface area is 152 Å². The summed E-state index contributed by atoms with van der Waals surface area (Å²) in [5, 5.41) is -0.159. The topological polar surface area (TPSA) is 38.8 Å². The lowest BCUT2D eigenvalue weighted by atomic mass is 10.0. The van der Waals surface area contributed by atoms with Gasteiger partial charge in [-0.05, 0) is 49.6 Å². The summed E-state index contributed by atoms with van der Waals surface area (Å²) in [6.45, 7) is 3.92. The van der Waals surface area contributed by atoms with Gasteiger partial charge >= 0.3 is 0 Å². The van der Waals surface area contributed by atoms with E-state index in [4.69, 9.17) is 9.47 Å². The van der Waals surface area contributed by atoms with Gasteiger partial charge in [-0.15, -0.1) is 11.8 Å². The number of anilines is 1. The molecule has 0 bridgehead atoms. The zero-order valence-corrected chi connectivity index (χ0v) is 15.1. The lowest BCUT2D eigenvalue weighted by molar-refractivity contribution is -0.117. The highest BCUT2D eigenvalue weighted by atomic mass is 32.2. The van der Waals surface area contributed by atoms with Crippen LogP contribution in [0.25, 0.3) is 0 Å². The third-order valence-corrected chi connectivity index (χ3v) is 5.63. The maximum Gasteiger partial charge on any atom is 0.240 e. The first-order chi connectivity index (χ1) is 12.2. The fraction of sp³-hybridized carbons (Fsp3) is 0.350. The summed E-state index contributed by atoms with van der Waals surface area (Å²) in [7, 11) is 0. The Morgan fingerprint density at radius 3 is 2.80 bits per heavy atom. The Hall–Kier alpha value is -2.14. The van der Waals surface area contributed by atoms with Crippen molar-refractivity contribution in [2.75, 3.05) is 24.7 Å². The van der Waals surface area contributed by atoms with E-state index in [1.54, 1.807) is 11.8 Å². The van der Waals surface area contributed by atoms with Crippen molar-refractivity contribution >= 4 is 23.4 Å². The number of hydrogen-bond acceptors (Lipinski definition) is 4. The minimum atomic E-state index is -0.159. The van der Waals surface area contributed by atoms with E-state index in [9.17, 15) is 4.79 Å². The Morgan fingerprint density at radius 1 is 1.12 bits per heavy atom. The van der Waals surface area contributed by atoms with Crippen LogP contribution in [0, 0.1) is 0 Å². The number of hydrogen-bond donors (Lipinski definition) is 0. The predicted molar refractivity (Wildman–Crippen MR) is 99.9 cm³/mol. The largest absolute Gasteiger partial charge is 0.486 e. The Kier molecular flexibility index (Phi) is 4.57. The summed E-state index contributed by atoms with van der Waals surface area (Å²) >= 11 is 1.57. The smallest absolute Gasteiger partial charge is 0.240 e. The number of ether oxygens (including phenoxy) is 2. The van der Waals surface area contributed by atoms with E-state index in [-0.39, 0.29) is 11.2 Å². The van der Waals surface area contributed by atoms with Crippen LogP contribution < -0.4 is 14.4 Å². The van der Waals surface area contributed by atoms with Gasteiger partial charge in [0.2, 0.25) is 5.91 Å². The molecule has 0 saturated heterocycles. The van der Waals surface area contributed by atoms with Gasteiger partial charge in [0.1, 0.15) is 13.2 Å². The number of aryl methyl sites for hydroxylation is 1. The van der Waals surface area contributed by atoms with Crippen LogP contribution in [0.1, 0.15) is 18.9 Å². The highest BCUT2D eigenvalue weighted by molar-refractivity contribution is 8.00. The molecule has 0 radical (unpaired) electrons. The highest BCUT2D eigenvalue weighted by Gasteiger charge is 2.27. The molecule has 2 heterocycles. The van der Waals surface area contributed by atoms with Gasteiger partial charge in [-0.1, -0.05) is 18.2 Å². The SMILES string of the molecule is CC(Sc1ccc2c(c1)OCCO2)C(=O)N1CCCc2ccccc21. The van der Waals surface area contributed by atoms with Gasteiger partial charge in [-0.3, -0.25) is 4.79 Å². The van der Waals surface area contributed by atoms with Crippen molar-refractivity contribution < 1.29 is 14.3 Å². The molecule has 130 valence electrons. The van der Waals surface area contributed by atoms with Crippen LogP contribution >= 0.6 is 11.8 Å². The van der Waals surface area contributed by atoms with Gasteiger partial charge in [0.25, 0.3) is 0 Å². The molecule has 4 nitrogen and oxygen atoms in total. The van der Waals surface area contributed by atoms with E-state index in [0.29, 0.717) is 13.2 Å². The first kappa shape index (κ1) is 16.3. The van der Waals surface area contributed by atoms with E-state index in [1.165, 1.54) is 5.56 Å². The second kappa shape index (κ2) is 7.00. The standard InChI is InChI=1S/C20H21NO3S/c1-14(25-16-8-9-18-19(13-16)24-12-11-23-18)20(22)21-10-4-6-15-5-2-3-7-17(15)21/h2-3,5,7-9,13-14H,4,6,10-12H2,1H3. The number of para-hydroxylation sites is 1. The fourth-order valence-corrected chi connectivity index (χ4v) is 4.29. The van der Waals surface area contributed by atoms with Crippen LogP contribution in [-0.2, 0) is 11.2 Å². The summed E-state index contributed by atoms with van der Waals surface area (Å²) < 4.78 is 11.2. The molecule has 0 saturated carbocycles. The van der Waals surface area contributed by atoms with Gasteiger partial charge in [0.05, 0.1) is 5.25 Å². The average molecular weight is 355 g/mol. The number of rotatable bonds is 3. The van der Waals surface area contributed by atoms with Crippen molar-refractivity contribution in [3.63, 3.8) is 0 Å². The summed E-state index contributed by atoms with van der Waals surface area (Å²) in [6.07, 6.45) is 2.06. The van der Waals surface area contributed by atoms with Crippen LogP contribution in [0.5, 0.6) is 11.5 Å². The van der Waals surface area contributed by atoms with E-state index in [2.05, 4.69) is 6.07 Å². The number of amides is 1.